The van der Waals surface area contributed by atoms with Crippen LogP contribution in [-0.4, -0.2) is 5.37 Å². The molecule has 6 heavy (non-hydrogen) atoms. The minimum atomic E-state index is 0. The van der Waals surface area contributed by atoms with Crippen LogP contribution >= 0.6 is 12.2 Å². The maximum Gasteiger partial charge on any atom is 1.00 e. The summed E-state index contributed by atoms with van der Waals surface area (Å²) in [5, 5.41) is 1.76. The molecule has 0 saturated carbocycles. The second-order valence-corrected chi connectivity index (χ2v) is 1.29. The van der Waals surface area contributed by atoms with E-state index in [1.165, 1.54) is 6.42 Å². The van der Waals surface area contributed by atoms with E-state index in [9.17, 15) is 0 Å². The van der Waals surface area contributed by atoms with E-state index >= 15 is 0 Å². The molecule has 0 aromatic carbocycles. The molecule has 32 valence electrons. The third-order valence-corrected chi connectivity index (χ3v) is 0.642. The number of unbranched alkanes of at least 4 members (excludes halogenated alkanes) is 1. The van der Waals surface area contributed by atoms with Gasteiger partial charge in [-0.2, -0.15) is 0 Å². The van der Waals surface area contributed by atoms with Crippen molar-refractivity contribution in [2.45, 2.75) is 19.8 Å². The summed E-state index contributed by atoms with van der Waals surface area (Å²) < 4.78 is 0. The molecule has 0 fully saturated rings. The second-order valence-electron chi connectivity index (χ2n) is 0.955. The Labute approximate surface area is 68.1 Å². The molecule has 0 rings (SSSR count). The molecule has 0 nitrogen and oxygen atoms in total. The fraction of sp³-hybridized carbons (Fsp3) is 0.750. The number of thiocarbonyl (C=S) groups is 1. The zero-order valence-corrected chi connectivity index (χ0v) is 7.22. The number of hydrogen-bond donors (Lipinski definition) is 0. The minimum Gasteiger partial charge on any atom is -1.00 e. The molecule has 0 saturated heterocycles. The standard InChI is InChI=1S/C4H8S.Na.H/c1-2-3-4-5;;/h4H,2-3H2,1H3;;/q;+1;-1. The van der Waals surface area contributed by atoms with Crippen LogP contribution < -0.4 is 29.6 Å². The van der Waals surface area contributed by atoms with Gasteiger partial charge in [-0.15, -0.1) is 0 Å². The monoisotopic (exact) mass is 112 g/mol. The molecule has 0 N–H and O–H groups in total. The van der Waals surface area contributed by atoms with Crippen LogP contribution in [0.4, 0.5) is 0 Å². The molecule has 0 atom stereocenters. The summed E-state index contributed by atoms with van der Waals surface area (Å²) >= 11 is 4.53. The van der Waals surface area contributed by atoms with Crippen molar-refractivity contribution in [2.75, 3.05) is 0 Å². The molecule has 0 aromatic rings. The SMILES string of the molecule is CCCC=S.[H-].[Na+]. The van der Waals surface area contributed by atoms with Crippen LogP contribution in [-0.2, 0) is 0 Å². The third kappa shape index (κ3) is 8.92. The maximum atomic E-state index is 4.53. The number of rotatable bonds is 2. The Bertz CT molecular complexity index is 32.9. The topological polar surface area (TPSA) is 0 Å². The smallest absolute Gasteiger partial charge is 1.00 e. The van der Waals surface area contributed by atoms with E-state index in [4.69, 9.17) is 0 Å². The molecule has 0 spiro atoms. The maximum absolute atomic E-state index is 4.53. The first kappa shape index (κ1) is 10.1. The first-order valence-electron chi connectivity index (χ1n) is 1.85. The van der Waals surface area contributed by atoms with E-state index in [0.29, 0.717) is 0 Å². The van der Waals surface area contributed by atoms with Gasteiger partial charge in [0.25, 0.3) is 0 Å². The van der Waals surface area contributed by atoms with E-state index in [2.05, 4.69) is 19.1 Å². The summed E-state index contributed by atoms with van der Waals surface area (Å²) in [4.78, 5) is 0. The van der Waals surface area contributed by atoms with Gasteiger partial charge < -0.3 is 1.43 Å². The normalized spacial score (nSPS) is 6.17. The van der Waals surface area contributed by atoms with Crippen LogP contribution in [0.5, 0.6) is 0 Å². The van der Waals surface area contributed by atoms with Gasteiger partial charge in [-0.05, 0) is 11.8 Å². The van der Waals surface area contributed by atoms with E-state index in [1.807, 2.05) is 0 Å². The van der Waals surface area contributed by atoms with Gasteiger partial charge in [0, 0.05) is 0 Å². The summed E-state index contributed by atoms with van der Waals surface area (Å²) in [6.07, 6.45) is 2.26. The molecule has 0 aliphatic rings. The van der Waals surface area contributed by atoms with Gasteiger partial charge >= 0.3 is 29.6 Å². The predicted octanol–water partition coefficient (Wildman–Crippen LogP) is -1.10. The molecule has 0 unspecified atom stereocenters. The summed E-state index contributed by atoms with van der Waals surface area (Å²) in [7, 11) is 0. The molecular formula is C4H9NaS. The molecular weight excluding hydrogens is 103 g/mol. The Morgan fingerprint density at radius 3 is 2.33 bits per heavy atom. The molecule has 0 heterocycles. The van der Waals surface area contributed by atoms with Crippen LogP contribution in [0, 0.1) is 0 Å². The van der Waals surface area contributed by atoms with Crippen molar-refractivity contribution >= 4 is 17.6 Å². The zero-order valence-electron chi connectivity index (χ0n) is 5.40. The molecule has 0 aromatic heterocycles. The fourth-order valence-electron chi connectivity index (χ4n) is 0.118. The quantitative estimate of drug-likeness (QED) is 0.323. The van der Waals surface area contributed by atoms with Gasteiger partial charge in [-0.3, -0.25) is 0 Å². The molecule has 0 bridgehead atoms. The summed E-state index contributed by atoms with van der Waals surface area (Å²) in [5.41, 5.74) is 0. The van der Waals surface area contributed by atoms with Crippen molar-refractivity contribution in [3.8, 4) is 0 Å². The third-order valence-electron chi connectivity index (χ3n) is 0.407. The van der Waals surface area contributed by atoms with Crippen LogP contribution in [0.1, 0.15) is 21.2 Å². The van der Waals surface area contributed by atoms with Gasteiger partial charge in [0.15, 0.2) is 0 Å². The average Bonchev–Trinajstić information content (AvgIpc) is 1.41. The Morgan fingerprint density at radius 1 is 1.83 bits per heavy atom. The van der Waals surface area contributed by atoms with Crippen molar-refractivity contribution in [2.24, 2.45) is 0 Å². The Hall–Kier alpha value is 1.09. The van der Waals surface area contributed by atoms with Crippen LogP contribution in [0.25, 0.3) is 0 Å². The summed E-state index contributed by atoms with van der Waals surface area (Å²) in [6, 6.07) is 0. The van der Waals surface area contributed by atoms with Crippen molar-refractivity contribution in [3.05, 3.63) is 0 Å². The minimum absolute atomic E-state index is 0. The van der Waals surface area contributed by atoms with E-state index in [-0.39, 0.29) is 31.0 Å². The van der Waals surface area contributed by atoms with Crippen molar-refractivity contribution < 1.29 is 31.0 Å². The first-order valence-corrected chi connectivity index (χ1v) is 2.32. The van der Waals surface area contributed by atoms with Gasteiger partial charge in [0.1, 0.15) is 0 Å². The number of hydrogen-bond acceptors (Lipinski definition) is 1. The van der Waals surface area contributed by atoms with Crippen LogP contribution in [0.2, 0.25) is 0 Å². The van der Waals surface area contributed by atoms with Gasteiger partial charge in [-0.25, -0.2) is 0 Å². The zero-order chi connectivity index (χ0) is 4.12. The Balaban J connectivity index is -0.0000000800. The van der Waals surface area contributed by atoms with Crippen LogP contribution in [0.3, 0.4) is 0 Å². The van der Waals surface area contributed by atoms with Gasteiger partial charge in [-0.1, -0.05) is 25.6 Å². The van der Waals surface area contributed by atoms with Gasteiger partial charge in [0.2, 0.25) is 0 Å². The Morgan fingerprint density at radius 2 is 2.33 bits per heavy atom. The molecule has 2 heteroatoms. The molecule has 0 aliphatic heterocycles. The first-order chi connectivity index (χ1) is 2.41. The van der Waals surface area contributed by atoms with Crippen molar-refractivity contribution in [1.82, 2.24) is 0 Å². The predicted molar refractivity (Wildman–Crippen MR) is 29.7 cm³/mol. The average molecular weight is 112 g/mol. The van der Waals surface area contributed by atoms with Gasteiger partial charge in [0.05, 0.1) is 0 Å². The second kappa shape index (κ2) is 9.43. The van der Waals surface area contributed by atoms with E-state index < -0.39 is 0 Å². The van der Waals surface area contributed by atoms with Crippen LogP contribution in [0.15, 0.2) is 0 Å². The van der Waals surface area contributed by atoms with E-state index in [1.54, 1.807) is 5.37 Å². The molecule has 0 aliphatic carbocycles. The molecule has 0 amide bonds. The summed E-state index contributed by atoms with van der Waals surface area (Å²) in [5.74, 6) is 0. The fourth-order valence-corrected chi connectivity index (χ4v) is 0.354. The molecule has 0 radical (unpaired) electrons. The van der Waals surface area contributed by atoms with E-state index in [0.717, 1.165) is 6.42 Å². The van der Waals surface area contributed by atoms with Crippen molar-refractivity contribution in [3.63, 3.8) is 0 Å². The summed E-state index contributed by atoms with van der Waals surface area (Å²) in [6.45, 7) is 2.11. The van der Waals surface area contributed by atoms with Crippen molar-refractivity contribution in [1.29, 1.82) is 0 Å². The Kier molecular flexibility index (Phi) is 16.0. The largest absolute Gasteiger partial charge is 1.00 e.